The summed E-state index contributed by atoms with van der Waals surface area (Å²) in [4.78, 5) is 4.81. The van der Waals surface area contributed by atoms with Crippen LogP contribution >= 0.6 is 24.0 Å². The number of halogens is 1. The van der Waals surface area contributed by atoms with Gasteiger partial charge in [-0.3, -0.25) is 4.99 Å². The number of hydrogen-bond donors (Lipinski definition) is 2. The average Bonchev–Trinajstić information content (AvgIpc) is 3.10. The molecule has 0 aliphatic carbocycles. The monoisotopic (exact) mass is 556 g/mol. The summed E-state index contributed by atoms with van der Waals surface area (Å²) in [6, 6.07) is 20.9. The Kier molecular flexibility index (Phi) is 10.8. The van der Waals surface area contributed by atoms with Crippen molar-refractivity contribution in [3.63, 3.8) is 0 Å². The van der Waals surface area contributed by atoms with Gasteiger partial charge in [-0.25, -0.2) is 12.7 Å². The molecule has 1 heterocycles. The van der Waals surface area contributed by atoms with E-state index in [2.05, 4.69) is 59.2 Å². The van der Waals surface area contributed by atoms with Crippen LogP contribution in [0.1, 0.15) is 30.4 Å². The standard InChI is InChI=1S/C23H32N4O2S.HI/c1-2-24-23(25-14-16-27-15-9-17-30(27,28)29)26-19-22(21-12-7-4-8-13-21)18-20-10-5-3-6-11-20;/h3-8,10-13,22H,2,9,14-19H2,1H3,(H2,24,25,26);1H. The Morgan fingerprint density at radius 2 is 1.74 bits per heavy atom. The maximum atomic E-state index is 12.0. The van der Waals surface area contributed by atoms with Crippen molar-refractivity contribution in [2.24, 2.45) is 4.99 Å². The summed E-state index contributed by atoms with van der Waals surface area (Å²) < 4.78 is 25.5. The van der Waals surface area contributed by atoms with E-state index in [1.807, 2.05) is 19.1 Å². The Bertz CT molecular complexity index is 908. The van der Waals surface area contributed by atoms with Gasteiger partial charge in [0.15, 0.2) is 5.96 Å². The topological polar surface area (TPSA) is 73.8 Å². The summed E-state index contributed by atoms with van der Waals surface area (Å²) >= 11 is 0. The molecule has 0 spiro atoms. The molecule has 1 unspecified atom stereocenters. The van der Waals surface area contributed by atoms with Crippen LogP contribution in [0, 0.1) is 0 Å². The Hall–Kier alpha value is -1.65. The van der Waals surface area contributed by atoms with Crippen LogP contribution in [0.2, 0.25) is 0 Å². The SMILES string of the molecule is CCNC(=NCC(Cc1ccccc1)c1ccccc1)NCCN1CCCS1(=O)=O.I. The first-order chi connectivity index (χ1) is 14.6. The zero-order valence-electron chi connectivity index (χ0n) is 18.0. The largest absolute Gasteiger partial charge is 0.357 e. The van der Waals surface area contributed by atoms with Gasteiger partial charge in [-0.05, 0) is 30.9 Å². The van der Waals surface area contributed by atoms with Crippen LogP contribution in [0.25, 0.3) is 0 Å². The lowest BCUT2D eigenvalue weighted by atomic mass is 9.92. The summed E-state index contributed by atoms with van der Waals surface area (Å²) in [5, 5.41) is 6.56. The number of nitrogens with zero attached hydrogens (tertiary/aromatic N) is 2. The molecule has 6 nitrogen and oxygen atoms in total. The summed E-state index contributed by atoms with van der Waals surface area (Å²) in [7, 11) is -3.06. The molecule has 0 aromatic heterocycles. The van der Waals surface area contributed by atoms with E-state index in [1.54, 1.807) is 4.31 Å². The van der Waals surface area contributed by atoms with Crippen molar-refractivity contribution < 1.29 is 8.42 Å². The fourth-order valence-corrected chi connectivity index (χ4v) is 5.23. The first-order valence-corrected chi connectivity index (χ1v) is 12.3. The van der Waals surface area contributed by atoms with Gasteiger partial charge in [-0.15, -0.1) is 24.0 Å². The number of sulfonamides is 1. The Balaban J connectivity index is 0.00000341. The molecule has 1 aliphatic rings. The molecule has 1 fully saturated rings. The molecule has 31 heavy (non-hydrogen) atoms. The minimum atomic E-state index is -3.06. The predicted octanol–water partition coefficient (Wildman–Crippen LogP) is 3.22. The minimum Gasteiger partial charge on any atom is -0.357 e. The van der Waals surface area contributed by atoms with Crippen LogP contribution in [0.5, 0.6) is 0 Å². The smallest absolute Gasteiger partial charge is 0.214 e. The van der Waals surface area contributed by atoms with Gasteiger partial charge in [0.25, 0.3) is 0 Å². The molecule has 0 bridgehead atoms. The van der Waals surface area contributed by atoms with Gasteiger partial charge in [0, 0.05) is 38.6 Å². The second-order valence-electron chi connectivity index (χ2n) is 7.51. The second kappa shape index (κ2) is 13.0. The number of benzene rings is 2. The van der Waals surface area contributed by atoms with E-state index in [4.69, 9.17) is 4.99 Å². The zero-order chi connectivity index (χ0) is 21.2. The third-order valence-electron chi connectivity index (χ3n) is 5.27. The van der Waals surface area contributed by atoms with Crippen LogP contribution in [-0.2, 0) is 16.4 Å². The lowest BCUT2D eigenvalue weighted by Gasteiger charge is -2.19. The van der Waals surface area contributed by atoms with Gasteiger partial charge in [0.1, 0.15) is 0 Å². The molecule has 1 aliphatic heterocycles. The molecule has 1 saturated heterocycles. The maximum Gasteiger partial charge on any atom is 0.214 e. The number of nitrogens with one attached hydrogen (secondary N) is 2. The fraction of sp³-hybridized carbons (Fsp3) is 0.435. The van der Waals surface area contributed by atoms with Crippen LogP contribution in [0.4, 0.5) is 0 Å². The molecule has 1 atom stereocenters. The van der Waals surface area contributed by atoms with E-state index in [0.29, 0.717) is 32.6 Å². The van der Waals surface area contributed by atoms with Crippen LogP contribution < -0.4 is 10.6 Å². The molecule has 0 amide bonds. The van der Waals surface area contributed by atoms with Crippen LogP contribution in [0.3, 0.4) is 0 Å². The van der Waals surface area contributed by atoms with Crippen molar-refractivity contribution >= 4 is 40.0 Å². The Labute approximate surface area is 203 Å². The molecule has 2 aromatic carbocycles. The van der Waals surface area contributed by atoms with Crippen molar-refractivity contribution in [2.45, 2.75) is 25.7 Å². The van der Waals surface area contributed by atoms with Gasteiger partial charge in [0.05, 0.1) is 5.75 Å². The second-order valence-corrected chi connectivity index (χ2v) is 9.60. The molecule has 170 valence electrons. The third kappa shape index (κ3) is 8.08. The molecular formula is C23H33IN4O2S. The molecule has 8 heteroatoms. The normalized spacial score (nSPS) is 17.0. The molecule has 2 N–H and O–H groups in total. The van der Waals surface area contributed by atoms with Gasteiger partial charge in [-0.2, -0.15) is 0 Å². The Morgan fingerprint density at radius 1 is 1.06 bits per heavy atom. The van der Waals surface area contributed by atoms with E-state index in [9.17, 15) is 8.42 Å². The fourth-order valence-electron chi connectivity index (χ4n) is 3.70. The van der Waals surface area contributed by atoms with E-state index < -0.39 is 10.0 Å². The zero-order valence-corrected chi connectivity index (χ0v) is 21.2. The summed E-state index contributed by atoms with van der Waals surface area (Å²) in [6.07, 6.45) is 1.63. The highest BCUT2D eigenvalue weighted by atomic mass is 127. The van der Waals surface area contributed by atoms with E-state index in [-0.39, 0.29) is 35.6 Å². The van der Waals surface area contributed by atoms with Crippen molar-refractivity contribution in [2.75, 3.05) is 38.5 Å². The van der Waals surface area contributed by atoms with Crippen LogP contribution in [-0.4, -0.2) is 57.2 Å². The van der Waals surface area contributed by atoms with Gasteiger partial charge in [0.2, 0.25) is 10.0 Å². The van der Waals surface area contributed by atoms with Gasteiger partial charge in [-0.1, -0.05) is 60.7 Å². The van der Waals surface area contributed by atoms with Crippen molar-refractivity contribution in [3.8, 4) is 0 Å². The van der Waals surface area contributed by atoms with Crippen molar-refractivity contribution in [3.05, 3.63) is 71.8 Å². The molecule has 0 saturated carbocycles. The van der Waals surface area contributed by atoms with Gasteiger partial charge < -0.3 is 10.6 Å². The van der Waals surface area contributed by atoms with E-state index >= 15 is 0 Å². The summed E-state index contributed by atoms with van der Waals surface area (Å²) in [5.41, 5.74) is 2.56. The number of guanidine groups is 1. The molecule has 2 aromatic rings. The van der Waals surface area contributed by atoms with E-state index in [0.717, 1.165) is 18.9 Å². The minimum absolute atomic E-state index is 0. The lowest BCUT2D eigenvalue weighted by molar-refractivity contribution is 0.445. The summed E-state index contributed by atoms with van der Waals surface area (Å²) in [5.74, 6) is 1.26. The lowest BCUT2D eigenvalue weighted by Crippen LogP contribution is -2.42. The maximum absolute atomic E-state index is 12.0. The number of hydrogen-bond acceptors (Lipinski definition) is 3. The number of rotatable bonds is 9. The van der Waals surface area contributed by atoms with E-state index in [1.165, 1.54) is 11.1 Å². The van der Waals surface area contributed by atoms with Crippen molar-refractivity contribution in [1.29, 1.82) is 0 Å². The predicted molar refractivity (Wildman–Crippen MR) is 139 cm³/mol. The Morgan fingerprint density at radius 3 is 2.35 bits per heavy atom. The molecular weight excluding hydrogens is 523 g/mol. The third-order valence-corrected chi connectivity index (χ3v) is 7.22. The highest BCUT2D eigenvalue weighted by Gasteiger charge is 2.27. The molecule has 3 rings (SSSR count). The molecule has 0 radical (unpaired) electrons. The van der Waals surface area contributed by atoms with Crippen molar-refractivity contribution in [1.82, 2.24) is 14.9 Å². The first kappa shape index (κ1) is 25.6. The van der Waals surface area contributed by atoms with Gasteiger partial charge >= 0.3 is 0 Å². The highest BCUT2D eigenvalue weighted by molar-refractivity contribution is 14.0. The average molecular weight is 557 g/mol. The quantitative estimate of drug-likeness (QED) is 0.283. The first-order valence-electron chi connectivity index (χ1n) is 10.7. The number of aliphatic imine (C=N–C) groups is 1. The van der Waals surface area contributed by atoms with Crippen LogP contribution in [0.15, 0.2) is 65.7 Å². The summed E-state index contributed by atoms with van der Waals surface area (Å²) in [6.45, 7) is 5.06. The highest BCUT2D eigenvalue weighted by Crippen LogP contribution is 2.21.